The van der Waals surface area contributed by atoms with E-state index in [9.17, 15) is 4.79 Å². The first kappa shape index (κ1) is 20.9. The van der Waals surface area contributed by atoms with Crippen molar-refractivity contribution < 1.29 is 9.53 Å². The maximum absolute atomic E-state index is 13.2. The van der Waals surface area contributed by atoms with Crippen molar-refractivity contribution in [3.05, 3.63) is 58.9 Å². The molecule has 0 aliphatic heterocycles. The van der Waals surface area contributed by atoms with Gasteiger partial charge in [0.15, 0.2) is 0 Å². The van der Waals surface area contributed by atoms with Crippen LogP contribution in [-0.2, 0) is 22.6 Å². The number of hydrogen-bond acceptors (Lipinski definition) is 2. The van der Waals surface area contributed by atoms with Crippen LogP contribution in [0.1, 0.15) is 49.8 Å². The molecule has 1 fully saturated rings. The quantitative estimate of drug-likeness (QED) is 0.544. The monoisotopic (exact) mass is 402 g/mol. The predicted molar refractivity (Wildman–Crippen MR) is 113 cm³/mol. The molecule has 1 aliphatic rings. The number of methoxy groups -OCH3 is 1. The van der Waals surface area contributed by atoms with Gasteiger partial charge in [0, 0.05) is 49.6 Å². The number of halogens is 1. The number of rotatable bonds is 9. The Morgan fingerprint density at radius 2 is 1.96 bits per heavy atom. The highest BCUT2D eigenvalue weighted by Gasteiger charge is 2.26. The van der Waals surface area contributed by atoms with Crippen molar-refractivity contribution in [2.24, 2.45) is 5.92 Å². The number of carbonyl (C=O) groups is 1. The molecule has 1 aromatic carbocycles. The topological polar surface area (TPSA) is 34.5 Å². The Hall–Kier alpha value is -1.78. The van der Waals surface area contributed by atoms with Crippen LogP contribution in [0, 0.1) is 5.92 Å². The number of amides is 1. The molecular formula is C23H31ClN2O2. The highest BCUT2D eigenvalue weighted by molar-refractivity contribution is 6.31. The Balaban J connectivity index is 1.72. The molecular weight excluding hydrogens is 372 g/mol. The van der Waals surface area contributed by atoms with E-state index in [1.54, 1.807) is 7.11 Å². The molecule has 1 saturated carbocycles. The molecule has 4 nitrogen and oxygen atoms in total. The summed E-state index contributed by atoms with van der Waals surface area (Å²) in [5, 5.41) is 0.775. The predicted octanol–water partition coefficient (Wildman–Crippen LogP) is 5.14. The van der Waals surface area contributed by atoms with Gasteiger partial charge in [-0.25, -0.2) is 0 Å². The van der Waals surface area contributed by atoms with E-state index in [2.05, 4.69) is 22.9 Å². The summed E-state index contributed by atoms with van der Waals surface area (Å²) in [6.45, 7) is 2.76. The second-order valence-electron chi connectivity index (χ2n) is 7.66. The van der Waals surface area contributed by atoms with E-state index >= 15 is 0 Å². The Morgan fingerprint density at radius 1 is 1.18 bits per heavy atom. The van der Waals surface area contributed by atoms with E-state index in [0.29, 0.717) is 25.6 Å². The van der Waals surface area contributed by atoms with E-state index in [-0.39, 0.29) is 5.92 Å². The van der Waals surface area contributed by atoms with E-state index < -0.39 is 0 Å². The minimum atomic E-state index is 0.184. The fraction of sp³-hybridized carbons (Fsp3) is 0.522. The molecule has 1 aromatic heterocycles. The van der Waals surface area contributed by atoms with Crippen molar-refractivity contribution in [1.29, 1.82) is 0 Å². The van der Waals surface area contributed by atoms with Gasteiger partial charge in [-0.2, -0.15) is 0 Å². The minimum Gasteiger partial charge on any atom is -0.385 e. The number of ether oxygens (including phenoxy) is 1. The molecule has 0 bridgehead atoms. The highest BCUT2D eigenvalue weighted by Crippen LogP contribution is 2.26. The smallest absolute Gasteiger partial charge is 0.226 e. The molecule has 1 amide bonds. The summed E-state index contributed by atoms with van der Waals surface area (Å²) in [5.41, 5.74) is 2.23. The Labute approximate surface area is 173 Å². The summed E-state index contributed by atoms with van der Waals surface area (Å²) >= 11 is 6.34. The maximum atomic E-state index is 13.2. The first-order valence-electron chi connectivity index (χ1n) is 10.3. The van der Waals surface area contributed by atoms with Crippen molar-refractivity contribution in [1.82, 2.24) is 9.47 Å². The molecule has 0 atom stereocenters. The van der Waals surface area contributed by atoms with Gasteiger partial charge in [0.1, 0.15) is 0 Å². The van der Waals surface area contributed by atoms with Crippen molar-refractivity contribution >= 4 is 17.5 Å². The summed E-state index contributed by atoms with van der Waals surface area (Å²) in [6.07, 6.45) is 8.59. The molecule has 1 heterocycles. The van der Waals surface area contributed by atoms with Gasteiger partial charge in [-0.05, 0) is 43.0 Å². The lowest BCUT2D eigenvalue weighted by Gasteiger charge is -2.30. The normalized spacial score (nSPS) is 14.9. The standard InChI is InChI=1S/C23H31ClN2O2/c1-28-16-8-15-26(23(27)19-9-3-2-4-10-19)18-21-12-7-14-25(21)17-20-11-5-6-13-22(20)24/h5-7,11-14,19H,2-4,8-10,15-18H2,1H3. The SMILES string of the molecule is COCCCN(Cc1cccn1Cc1ccccc1Cl)C(=O)C1CCCCC1. The first-order valence-corrected chi connectivity index (χ1v) is 10.7. The van der Waals surface area contributed by atoms with E-state index in [0.717, 1.165) is 42.1 Å². The van der Waals surface area contributed by atoms with Crippen molar-refractivity contribution in [3.8, 4) is 0 Å². The van der Waals surface area contributed by atoms with Crippen LogP contribution in [-0.4, -0.2) is 35.6 Å². The van der Waals surface area contributed by atoms with Gasteiger partial charge >= 0.3 is 0 Å². The lowest BCUT2D eigenvalue weighted by Crippen LogP contribution is -2.38. The van der Waals surface area contributed by atoms with Gasteiger partial charge in [0.05, 0.1) is 6.54 Å². The Morgan fingerprint density at radius 3 is 2.71 bits per heavy atom. The molecule has 0 N–H and O–H groups in total. The average Bonchev–Trinajstić information content (AvgIpc) is 3.16. The molecule has 2 aromatic rings. The summed E-state index contributed by atoms with van der Waals surface area (Å²) < 4.78 is 7.40. The third-order valence-corrected chi connectivity index (χ3v) is 5.99. The fourth-order valence-corrected chi connectivity index (χ4v) is 4.22. The van der Waals surface area contributed by atoms with Gasteiger partial charge in [0.25, 0.3) is 0 Å². The maximum Gasteiger partial charge on any atom is 0.226 e. The number of benzene rings is 1. The van der Waals surface area contributed by atoms with E-state index in [4.69, 9.17) is 16.3 Å². The first-order chi connectivity index (χ1) is 13.7. The second kappa shape index (κ2) is 10.7. The molecule has 0 unspecified atom stereocenters. The van der Waals surface area contributed by atoms with Crippen molar-refractivity contribution in [3.63, 3.8) is 0 Å². The zero-order chi connectivity index (χ0) is 19.8. The molecule has 0 radical (unpaired) electrons. The lowest BCUT2D eigenvalue weighted by atomic mass is 9.88. The average molecular weight is 403 g/mol. The van der Waals surface area contributed by atoms with Crippen molar-refractivity contribution in [2.45, 2.75) is 51.6 Å². The van der Waals surface area contributed by atoms with Crippen LogP contribution in [0.15, 0.2) is 42.6 Å². The summed E-state index contributed by atoms with van der Waals surface area (Å²) in [7, 11) is 1.71. The number of hydrogen-bond donors (Lipinski definition) is 0. The zero-order valence-corrected chi connectivity index (χ0v) is 17.5. The largest absolute Gasteiger partial charge is 0.385 e. The highest BCUT2D eigenvalue weighted by atomic mass is 35.5. The van der Waals surface area contributed by atoms with Gasteiger partial charge in [0.2, 0.25) is 5.91 Å². The molecule has 0 spiro atoms. The van der Waals surface area contributed by atoms with Crippen LogP contribution >= 0.6 is 11.6 Å². The molecule has 5 heteroatoms. The van der Waals surface area contributed by atoms with Crippen LogP contribution in [0.3, 0.4) is 0 Å². The van der Waals surface area contributed by atoms with Crippen LogP contribution < -0.4 is 0 Å². The minimum absolute atomic E-state index is 0.184. The van der Waals surface area contributed by atoms with Gasteiger partial charge < -0.3 is 14.2 Å². The zero-order valence-electron chi connectivity index (χ0n) is 16.8. The fourth-order valence-electron chi connectivity index (χ4n) is 4.03. The van der Waals surface area contributed by atoms with Crippen LogP contribution in [0.5, 0.6) is 0 Å². The number of nitrogens with zero attached hydrogens (tertiary/aromatic N) is 2. The summed E-state index contributed by atoms with van der Waals surface area (Å²) in [5.74, 6) is 0.490. The molecule has 1 aliphatic carbocycles. The lowest BCUT2D eigenvalue weighted by molar-refractivity contribution is -0.137. The third-order valence-electron chi connectivity index (χ3n) is 5.62. The molecule has 152 valence electrons. The second-order valence-corrected chi connectivity index (χ2v) is 8.07. The van der Waals surface area contributed by atoms with Gasteiger partial charge in [-0.3, -0.25) is 4.79 Å². The molecule has 28 heavy (non-hydrogen) atoms. The number of aromatic nitrogens is 1. The van der Waals surface area contributed by atoms with Gasteiger partial charge in [-0.15, -0.1) is 0 Å². The Kier molecular flexibility index (Phi) is 7.99. The molecule has 3 rings (SSSR count). The van der Waals surface area contributed by atoms with Crippen LogP contribution in [0.2, 0.25) is 5.02 Å². The van der Waals surface area contributed by atoms with E-state index in [1.807, 2.05) is 29.2 Å². The summed E-state index contributed by atoms with van der Waals surface area (Å²) in [6, 6.07) is 12.1. The van der Waals surface area contributed by atoms with Gasteiger partial charge in [-0.1, -0.05) is 49.1 Å². The summed E-state index contributed by atoms with van der Waals surface area (Å²) in [4.78, 5) is 15.2. The molecule has 0 saturated heterocycles. The number of carbonyl (C=O) groups excluding carboxylic acids is 1. The Bertz CT molecular complexity index is 753. The van der Waals surface area contributed by atoms with Crippen LogP contribution in [0.25, 0.3) is 0 Å². The van der Waals surface area contributed by atoms with Crippen molar-refractivity contribution in [2.75, 3.05) is 20.3 Å². The van der Waals surface area contributed by atoms with E-state index in [1.165, 1.54) is 19.3 Å². The third kappa shape index (κ3) is 5.62. The van der Waals surface area contributed by atoms with Crippen LogP contribution in [0.4, 0.5) is 0 Å².